The van der Waals surface area contributed by atoms with Gasteiger partial charge in [0.25, 0.3) is 5.91 Å². The Morgan fingerprint density at radius 1 is 1.03 bits per heavy atom. The number of hydrogen-bond acceptors (Lipinski definition) is 5. The molecule has 1 atom stereocenters. The predicted molar refractivity (Wildman–Crippen MR) is 130 cm³/mol. The normalized spacial score (nSPS) is 11.5. The summed E-state index contributed by atoms with van der Waals surface area (Å²) in [5, 5.41) is 23.1. The Labute approximate surface area is 197 Å². The third kappa shape index (κ3) is 7.13. The number of aromatic hydroxyl groups is 1. The molecule has 1 amide bonds. The number of nitrogens with two attached hydrogens (primary N) is 2. The number of nitrogens with zero attached hydrogens (tertiary/aromatic N) is 1. The van der Waals surface area contributed by atoms with Crippen LogP contribution in [0.15, 0.2) is 65.7 Å². The lowest BCUT2D eigenvalue weighted by Crippen LogP contribution is -2.43. The number of fused-ring (bicyclic) bond motifs is 1. The van der Waals surface area contributed by atoms with Crippen LogP contribution in [0.3, 0.4) is 0 Å². The number of ether oxygens (including phenoxy) is 1. The number of carboxylic acid groups (broad SMARTS) is 1. The lowest BCUT2D eigenvalue weighted by molar-refractivity contribution is -0.142. The fourth-order valence-corrected chi connectivity index (χ4v) is 3.52. The van der Waals surface area contributed by atoms with Crippen LogP contribution in [0.5, 0.6) is 11.5 Å². The number of nitrogens with one attached hydrogen (secondary N) is 1. The minimum absolute atomic E-state index is 0.0642. The van der Waals surface area contributed by atoms with Gasteiger partial charge in [0.05, 0.1) is 0 Å². The lowest BCUT2D eigenvalue weighted by Gasteiger charge is -2.15. The molecule has 0 aliphatic heterocycles. The van der Waals surface area contributed by atoms with E-state index in [2.05, 4.69) is 10.3 Å². The van der Waals surface area contributed by atoms with Gasteiger partial charge in [0.2, 0.25) is 0 Å². The minimum atomic E-state index is -1.14. The molecule has 0 bridgehead atoms. The van der Waals surface area contributed by atoms with E-state index in [1.54, 1.807) is 18.2 Å². The first-order chi connectivity index (χ1) is 16.3. The van der Waals surface area contributed by atoms with Crippen molar-refractivity contribution in [2.24, 2.45) is 16.5 Å². The van der Waals surface area contributed by atoms with E-state index in [9.17, 15) is 19.8 Å². The van der Waals surface area contributed by atoms with Gasteiger partial charge in [-0.25, -0.2) is 4.79 Å². The van der Waals surface area contributed by atoms with E-state index >= 15 is 0 Å². The van der Waals surface area contributed by atoms with Crippen LogP contribution < -0.4 is 21.5 Å². The van der Waals surface area contributed by atoms with E-state index in [-0.39, 0.29) is 31.3 Å². The van der Waals surface area contributed by atoms with E-state index in [1.165, 1.54) is 0 Å². The van der Waals surface area contributed by atoms with Gasteiger partial charge in [-0.2, -0.15) is 0 Å². The largest absolute Gasteiger partial charge is 0.508 e. The zero-order valence-corrected chi connectivity index (χ0v) is 18.6. The Bertz CT molecular complexity index is 1170. The first-order valence-corrected chi connectivity index (χ1v) is 10.8. The van der Waals surface area contributed by atoms with Crippen molar-refractivity contribution < 1.29 is 24.5 Å². The highest BCUT2D eigenvalue weighted by atomic mass is 16.5. The van der Waals surface area contributed by atoms with E-state index in [4.69, 9.17) is 16.2 Å². The zero-order valence-electron chi connectivity index (χ0n) is 18.6. The third-order valence-electron chi connectivity index (χ3n) is 5.19. The summed E-state index contributed by atoms with van der Waals surface area (Å²) in [5.41, 5.74) is 12.6. The molecule has 0 saturated heterocycles. The molecular weight excluding hydrogens is 436 g/mol. The summed E-state index contributed by atoms with van der Waals surface area (Å²) < 4.78 is 5.75. The van der Waals surface area contributed by atoms with Crippen LogP contribution in [0.4, 0.5) is 0 Å². The Morgan fingerprint density at radius 2 is 1.76 bits per heavy atom. The average molecular weight is 465 g/mol. The summed E-state index contributed by atoms with van der Waals surface area (Å²) in [4.78, 5) is 27.6. The third-order valence-corrected chi connectivity index (χ3v) is 5.19. The van der Waals surface area contributed by atoms with E-state index in [1.807, 2.05) is 42.5 Å². The Morgan fingerprint density at radius 3 is 2.47 bits per heavy atom. The molecule has 0 aliphatic rings. The van der Waals surface area contributed by atoms with Gasteiger partial charge >= 0.3 is 5.97 Å². The van der Waals surface area contributed by atoms with Crippen molar-refractivity contribution in [1.29, 1.82) is 0 Å². The minimum Gasteiger partial charge on any atom is -0.508 e. The molecule has 9 nitrogen and oxygen atoms in total. The molecule has 3 aromatic rings. The second-order valence-electron chi connectivity index (χ2n) is 7.85. The molecule has 1 unspecified atom stereocenters. The van der Waals surface area contributed by atoms with E-state index in [0.717, 1.165) is 21.9 Å². The summed E-state index contributed by atoms with van der Waals surface area (Å²) in [5.74, 6) is -0.992. The molecule has 7 N–H and O–H groups in total. The molecule has 0 heterocycles. The van der Waals surface area contributed by atoms with Crippen LogP contribution in [0.25, 0.3) is 10.8 Å². The lowest BCUT2D eigenvalue weighted by atomic mass is 10.0. The van der Waals surface area contributed by atoms with Gasteiger partial charge in [-0.1, -0.05) is 36.4 Å². The number of hydrogen-bond donors (Lipinski definition) is 5. The first-order valence-electron chi connectivity index (χ1n) is 10.8. The highest BCUT2D eigenvalue weighted by molar-refractivity contribution is 5.90. The van der Waals surface area contributed by atoms with Crippen molar-refractivity contribution in [3.63, 3.8) is 0 Å². The summed E-state index contributed by atoms with van der Waals surface area (Å²) in [6.45, 7) is -0.0417. The Balaban J connectivity index is 1.64. The summed E-state index contributed by atoms with van der Waals surface area (Å²) >= 11 is 0. The van der Waals surface area contributed by atoms with Gasteiger partial charge in [-0.05, 0) is 60.0 Å². The summed E-state index contributed by atoms with van der Waals surface area (Å²) in [6, 6.07) is 17.5. The van der Waals surface area contributed by atoms with Crippen molar-refractivity contribution in [3.05, 3.63) is 71.8 Å². The SMILES string of the molecule is NC(N)=NCCCC(NC(=O)COc1cccc2ccc(Cc3ccc(O)cc3)cc12)C(=O)O. The van der Waals surface area contributed by atoms with Gasteiger partial charge in [0.1, 0.15) is 17.5 Å². The zero-order chi connectivity index (χ0) is 24.5. The number of rotatable bonds is 11. The summed E-state index contributed by atoms with van der Waals surface area (Å²) in [6.07, 6.45) is 1.26. The molecule has 0 spiro atoms. The Hall–Kier alpha value is -4.27. The number of aliphatic imine (C=N–C) groups is 1. The quantitative estimate of drug-likeness (QED) is 0.165. The number of carbonyl (C=O) groups is 2. The molecule has 0 saturated carbocycles. The number of phenols is 1. The maximum atomic E-state index is 12.4. The Kier molecular flexibility index (Phi) is 8.28. The molecule has 34 heavy (non-hydrogen) atoms. The molecule has 3 rings (SSSR count). The molecule has 0 aliphatic carbocycles. The smallest absolute Gasteiger partial charge is 0.326 e. The number of carboxylic acids is 1. The number of guanidine groups is 1. The van der Waals surface area contributed by atoms with Crippen LogP contribution in [0, 0.1) is 0 Å². The second-order valence-corrected chi connectivity index (χ2v) is 7.85. The molecule has 9 heteroatoms. The highest BCUT2D eigenvalue weighted by Gasteiger charge is 2.20. The van der Waals surface area contributed by atoms with Gasteiger partial charge in [-0.15, -0.1) is 0 Å². The van der Waals surface area contributed by atoms with Gasteiger partial charge in [-0.3, -0.25) is 9.79 Å². The first kappa shape index (κ1) is 24.4. The fourth-order valence-electron chi connectivity index (χ4n) is 3.52. The molecule has 0 fully saturated rings. The van der Waals surface area contributed by atoms with Crippen molar-refractivity contribution in [2.75, 3.05) is 13.2 Å². The van der Waals surface area contributed by atoms with Crippen molar-refractivity contribution in [2.45, 2.75) is 25.3 Å². The molecule has 3 aromatic carbocycles. The van der Waals surface area contributed by atoms with Crippen molar-refractivity contribution in [1.82, 2.24) is 5.32 Å². The molecule has 0 aromatic heterocycles. The van der Waals surface area contributed by atoms with Gasteiger partial charge in [0, 0.05) is 11.9 Å². The molecular formula is C25H28N4O5. The number of benzene rings is 3. The number of aliphatic carboxylic acids is 1. The molecule has 0 radical (unpaired) electrons. The number of amides is 1. The van der Waals surface area contributed by atoms with Gasteiger partial charge < -0.3 is 31.7 Å². The standard InChI is InChI=1S/C25H28N4O5/c26-25(27)28-12-2-4-21(24(32)33)29-23(31)15-34-22-5-1-3-18-9-6-17(14-20(18)22)13-16-7-10-19(30)11-8-16/h1,3,5-11,14,21,30H,2,4,12-13,15H2,(H,29,31)(H,32,33)(H4,26,27,28). The van der Waals surface area contributed by atoms with Crippen LogP contribution in [0.2, 0.25) is 0 Å². The second kappa shape index (κ2) is 11.6. The average Bonchev–Trinajstić information content (AvgIpc) is 2.80. The van der Waals surface area contributed by atoms with Crippen LogP contribution >= 0.6 is 0 Å². The monoisotopic (exact) mass is 464 g/mol. The highest BCUT2D eigenvalue weighted by Crippen LogP contribution is 2.27. The van der Waals surface area contributed by atoms with Crippen LogP contribution in [-0.4, -0.2) is 47.2 Å². The van der Waals surface area contributed by atoms with E-state index in [0.29, 0.717) is 18.6 Å². The van der Waals surface area contributed by atoms with Crippen molar-refractivity contribution >= 4 is 28.6 Å². The maximum absolute atomic E-state index is 12.4. The van der Waals surface area contributed by atoms with Crippen molar-refractivity contribution in [3.8, 4) is 11.5 Å². The van der Waals surface area contributed by atoms with Crippen LogP contribution in [0.1, 0.15) is 24.0 Å². The number of carbonyl (C=O) groups excluding carboxylic acids is 1. The fraction of sp³-hybridized carbons (Fsp3) is 0.240. The van der Waals surface area contributed by atoms with Crippen LogP contribution in [-0.2, 0) is 16.0 Å². The molecule has 178 valence electrons. The number of phenolic OH excluding ortho intramolecular Hbond substituents is 1. The topological polar surface area (TPSA) is 160 Å². The van der Waals surface area contributed by atoms with E-state index < -0.39 is 17.9 Å². The van der Waals surface area contributed by atoms with Gasteiger partial charge in [0.15, 0.2) is 12.6 Å². The predicted octanol–water partition coefficient (Wildman–Crippen LogP) is 2.14. The summed E-state index contributed by atoms with van der Waals surface area (Å²) in [7, 11) is 0. The maximum Gasteiger partial charge on any atom is 0.326 e.